The number of amides is 1. The molecule has 4 rings (SSSR count). The molecule has 0 saturated carbocycles. The quantitative estimate of drug-likeness (QED) is 0.198. The van der Waals surface area contributed by atoms with Crippen molar-refractivity contribution in [2.24, 2.45) is 0 Å². The Morgan fingerprint density at radius 2 is 1.76 bits per heavy atom. The van der Waals surface area contributed by atoms with Gasteiger partial charge in [0.2, 0.25) is 5.75 Å². The van der Waals surface area contributed by atoms with Gasteiger partial charge in [0.25, 0.3) is 16.7 Å². The topological polar surface area (TPSA) is 169 Å². The fraction of sp³-hybridized carbons (Fsp3) is 0.286. The summed E-state index contributed by atoms with van der Waals surface area (Å²) in [5, 5.41) is 24.3. The van der Waals surface area contributed by atoms with Crippen LogP contribution >= 0.6 is 11.8 Å². The Hall–Kier alpha value is -4.85. The van der Waals surface area contributed by atoms with Crippen LogP contribution < -0.4 is 25.0 Å². The molecule has 42 heavy (non-hydrogen) atoms. The summed E-state index contributed by atoms with van der Waals surface area (Å²) in [6.07, 6.45) is 2.51. The second-order valence-corrected chi connectivity index (χ2v) is 9.98. The van der Waals surface area contributed by atoms with Crippen molar-refractivity contribution in [1.82, 2.24) is 5.32 Å². The van der Waals surface area contributed by atoms with E-state index in [1.165, 1.54) is 51.3 Å². The molecule has 1 amide bonds. The molecule has 0 bridgehead atoms. The first kappa shape index (κ1) is 30.1. The van der Waals surface area contributed by atoms with E-state index in [2.05, 4.69) is 10.2 Å². The molecule has 0 unspecified atom stereocenters. The van der Waals surface area contributed by atoms with Crippen LogP contribution in [0, 0.1) is 20.2 Å². The van der Waals surface area contributed by atoms with Gasteiger partial charge < -0.3 is 24.4 Å². The molecule has 0 saturated heterocycles. The Morgan fingerprint density at radius 3 is 2.38 bits per heavy atom. The lowest BCUT2D eigenvalue weighted by Crippen LogP contribution is -2.29. The maximum absolute atomic E-state index is 13.6. The molecule has 0 aliphatic heterocycles. The number of hydrogen-bond acceptors (Lipinski definition) is 11. The van der Waals surface area contributed by atoms with Crippen LogP contribution in [0.1, 0.15) is 39.5 Å². The van der Waals surface area contributed by atoms with Gasteiger partial charge in [-0.25, -0.2) is 0 Å². The summed E-state index contributed by atoms with van der Waals surface area (Å²) in [5.74, 6) is 0.392. The average molecular weight is 598 g/mol. The van der Waals surface area contributed by atoms with Crippen molar-refractivity contribution in [3.63, 3.8) is 0 Å². The van der Waals surface area contributed by atoms with E-state index in [1.54, 1.807) is 18.4 Å². The molecule has 0 radical (unpaired) electrons. The summed E-state index contributed by atoms with van der Waals surface area (Å²) in [5.41, 5.74) is 1.69. The number of nitrogens with one attached hydrogen (secondary N) is 1. The van der Waals surface area contributed by atoms with Crippen molar-refractivity contribution in [3.8, 4) is 28.4 Å². The van der Waals surface area contributed by atoms with Crippen molar-refractivity contribution in [1.29, 1.82) is 0 Å². The highest BCUT2D eigenvalue weighted by Crippen LogP contribution is 2.50. The van der Waals surface area contributed by atoms with Gasteiger partial charge in [-0.15, -0.1) is 21.9 Å². The third-order valence-electron chi connectivity index (χ3n) is 6.86. The molecule has 1 N–H and O–H groups in total. The normalized spacial score (nSPS) is 13.6. The number of nitro groups is 1. The van der Waals surface area contributed by atoms with Crippen molar-refractivity contribution >= 4 is 23.4 Å². The summed E-state index contributed by atoms with van der Waals surface area (Å²) in [6, 6.07) is 9.53. The third-order valence-corrected chi connectivity index (χ3v) is 7.64. The molecule has 0 fully saturated rings. The fourth-order valence-electron chi connectivity index (χ4n) is 4.99. The smallest absolute Gasteiger partial charge is 0.294 e. The standard InChI is InChI=1S/C28H27N3O10S/c1-38-23-12-16-6-8-20(29-28(33)19-11-15(14-41-31(36)37)5-9-21(19)30(34)35)18-13-22(32)24(42-4)10-7-17(18)25(16)27(40-3)26(23)39-2/h5,7,9-13,20H,6,8,14H2,1-4H3,(H,29,33)/t20-/m0/s1. The second-order valence-electron chi connectivity index (χ2n) is 9.13. The number of carbonyl (C=O) groups is 1. The van der Waals surface area contributed by atoms with E-state index in [0.29, 0.717) is 51.7 Å². The van der Waals surface area contributed by atoms with Crippen LogP contribution in [0.3, 0.4) is 0 Å². The summed E-state index contributed by atoms with van der Waals surface area (Å²) >= 11 is 1.27. The van der Waals surface area contributed by atoms with Gasteiger partial charge in [-0.2, -0.15) is 0 Å². The summed E-state index contributed by atoms with van der Waals surface area (Å²) < 4.78 is 16.9. The van der Waals surface area contributed by atoms with Crippen LogP contribution in [0.5, 0.6) is 17.2 Å². The van der Waals surface area contributed by atoms with Gasteiger partial charge in [0.15, 0.2) is 16.9 Å². The van der Waals surface area contributed by atoms with Gasteiger partial charge in [0, 0.05) is 11.6 Å². The number of fused-ring (bicyclic) bond motifs is 3. The second kappa shape index (κ2) is 12.8. The molecule has 0 heterocycles. The van der Waals surface area contributed by atoms with Crippen LogP contribution in [0.25, 0.3) is 11.1 Å². The van der Waals surface area contributed by atoms with E-state index in [4.69, 9.17) is 14.2 Å². The maximum Gasteiger partial charge on any atom is 0.294 e. The van der Waals surface area contributed by atoms with Crippen LogP contribution in [0.4, 0.5) is 5.69 Å². The number of methoxy groups -OCH3 is 3. The summed E-state index contributed by atoms with van der Waals surface area (Å²) in [4.78, 5) is 53.3. The first-order chi connectivity index (χ1) is 20.1. The average Bonchev–Trinajstić information content (AvgIpc) is 3.22. The lowest BCUT2D eigenvalue weighted by Gasteiger charge is -2.20. The Labute approximate surface area is 244 Å². The number of nitro benzene ring substituents is 1. The monoisotopic (exact) mass is 597 g/mol. The first-order valence-corrected chi connectivity index (χ1v) is 13.8. The fourth-order valence-corrected chi connectivity index (χ4v) is 5.46. The minimum absolute atomic E-state index is 0.193. The van der Waals surface area contributed by atoms with Crippen LogP contribution in [0.15, 0.2) is 52.2 Å². The molecule has 0 spiro atoms. The maximum atomic E-state index is 13.6. The van der Waals surface area contributed by atoms with Gasteiger partial charge in [-0.1, -0.05) is 12.1 Å². The van der Waals surface area contributed by atoms with Gasteiger partial charge in [-0.3, -0.25) is 19.7 Å². The lowest BCUT2D eigenvalue weighted by molar-refractivity contribution is -0.763. The molecular weight excluding hydrogens is 570 g/mol. The number of ether oxygens (including phenoxy) is 3. The highest BCUT2D eigenvalue weighted by atomic mass is 32.2. The minimum atomic E-state index is -0.997. The Balaban J connectivity index is 1.88. The molecule has 1 aliphatic carbocycles. The SMILES string of the molecule is COc1cc2c(c(OC)c1OC)-c1ccc(SC)c(=O)cc1[C@@H](NC(=O)c1cc(CO[N+](=O)[O-])ccc1[N+](=O)[O-])CC2. The zero-order valence-corrected chi connectivity index (χ0v) is 23.9. The van der Waals surface area contributed by atoms with Crippen LogP contribution in [-0.2, 0) is 17.9 Å². The van der Waals surface area contributed by atoms with Gasteiger partial charge in [0.1, 0.15) is 12.2 Å². The third kappa shape index (κ3) is 5.93. The number of thioether (sulfide) groups is 1. The Kier molecular flexibility index (Phi) is 9.15. The number of benzene rings is 2. The number of hydrogen-bond donors (Lipinski definition) is 1. The van der Waals surface area contributed by atoms with E-state index in [-0.39, 0.29) is 16.6 Å². The lowest BCUT2D eigenvalue weighted by atomic mass is 9.95. The number of aryl methyl sites for hydroxylation is 1. The summed E-state index contributed by atoms with van der Waals surface area (Å²) in [6.45, 7) is -0.497. The van der Waals surface area contributed by atoms with Gasteiger partial charge >= 0.3 is 0 Å². The molecule has 0 aromatic heterocycles. The van der Waals surface area contributed by atoms with Crippen LogP contribution in [0.2, 0.25) is 0 Å². The van der Waals surface area contributed by atoms with E-state index in [0.717, 1.165) is 11.6 Å². The molecule has 1 aliphatic rings. The zero-order valence-electron chi connectivity index (χ0n) is 23.1. The predicted octanol–water partition coefficient (Wildman–Crippen LogP) is 4.50. The van der Waals surface area contributed by atoms with Crippen LogP contribution in [-0.4, -0.2) is 43.5 Å². The van der Waals surface area contributed by atoms with Gasteiger partial charge in [0.05, 0.1) is 37.2 Å². The van der Waals surface area contributed by atoms with E-state index < -0.39 is 34.3 Å². The molecule has 14 heteroatoms. The first-order valence-electron chi connectivity index (χ1n) is 12.5. The van der Waals surface area contributed by atoms with Gasteiger partial charge in [-0.05, 0) is 65.6 Å². The molecule has 220 valence electrons. The Bertz CT molecular complexity index is 1630. The van der Waals surface area contributed by atoms with E-state index in [1.807, 2.05) is 6.07 Å². The molecular formula is C28H27N3O10S. The Morgan fingerprint density at radius 1 is 1.02 bits per heavy atom. The zero-order chi connectivity index (χ0) is 30.6. The minimum Gasteiger partial charge on any atom is -0.493 e. The number of carbonyl (C=O) groups excluding carboxylic acids is 1. The highest BCUT2D eigenvalue weighted by molar-refractivity contribution is 7.98. The van der Waals surface area contributed by atoms with Crippen molar-refractivity contribution in [3.05, 3.63) is 95.2 Å². The number of nitrogens with zero attached hydrogens (tertiary/aromatic N) is 2. The molecule has 3 aromatic rings. The summed E-state index contributed by atoms with van der Waals surface area (Å²) in [7, 11) is 4.48. The number of rotatable bonds is 10. The van der Waals surface area contributed by atoms with E-state index in [9.17, 15) is 29.8 Å². The van der Waals surface area contributed by atoms with Crippen molar-refractivity contribution < 1.29 is 33.9 Å². The largest absolute Gasteiger partial charge is 0.493 e. The van der Waals surface area contributed by atoms with Crippen molar-refractivity contribution in [2.45, 2.75) is 30.4 Å². The molecule has 13 nitrogen and oxygen atoms in total. The van der Waals surface area contributed by atoms with Crippen molar-refractivity contribution in [2.75, 3.05) is 27.6 Å². The molecule has 1 atom stereocenters. The van der Waals surface area contributed by atoms with E-state index >= 15 is 0 Å². The highest BCUT2D eigenvalue weighted by Gasteiger charge is 2.31. The predicted molar refractivity (Wildman–Crippen MR) is 153 cm³/mol. The molecule has 3 aromatic carbocycles.